The van der Waals surface area contributed by atoms with Crippen molar-refractivity contribution in [2.75, 3.05) is 6.61 Å². The Morgan fingerprint density at radius 1 is 1.24 bits per heavy atom. The molecule has 0 saturated carbocycles. The van der Waals surface area contributed by atoms with Gasteiger partial charge in [-0.15, -0.1) is 0 Å². The Morgan fingerprint density at radius 3 is 2.24 bits per heavy atom. The van der Waals surface area contributed by atoms with Crippen LogP contribution in [0.5, 0.6) is 0 Å². The number of hydrogen-bond donors (Lipinski definition) is 1. The Labute approximate surface area is 100.0 Å². The lowest BCUT2D eigenvalue weighted by molar-refractivity contribution is -0.255. The fourth-order valence-corrected chi connectivity index (χ4v) is 1.16. The number of carboxylic acid groups (broad SMARTS) is 1. The van der Waals surface area contributed by atoms with Gasteiger partial charge in [0.15, 0.2) is 0 Å². The molecule has 0 unspecified atom stereocenters. The summed E-state index contributed by atoms with van der Waals surface area (Å²) < 4.78 is 4.95. The molecule has 17 heavy (non-hydrogen) atoms. The molecule has 0 aliphatic rings. The van der Waals surface area contributed by atoms with Crippen LogP contribution in [0.1, 0.15) is 34.6 Å². The average molecular weight is 239 g/mol. The van der Waals surface area contributed by atoms with Crippen molar-refractivity contribution < 1.29 is 19.4 Å². The number of carboxylic acids is 1. The Hall–Kier alpha value is -1.88. The quantitative estimate of drug-likeness (QED) is 0.798. The van der Waals surface area contributed by atoms with Gasteiger partial charge in [-0.05, 0) is 12.0 Å². The van der Waals surface area contributed by atoms with Gasteiger partial charge >= 0.3 is 5.97 Å². The van der Waals surface area contributed by atoms with E-state index in [0.717, 1.165) is 0 Å². The molecular formula is C12H17NO4. The number of hydrogen-bond acceptors (Lipinski definition) is 4. The van der Waals surface area contributed by atoms with Crippen LogP contribution in [0.4, 0.5) is 0 Å². The van der Waals surface area contributed by atoms with Crippen molar-refractivity contribution in [1.29, 1.82) is 0 Å². The highest BCUT2D eigenvalue weighted by atomic mass is 16.5. The smallest absolute Gasteiger partial charge is 0.338 e. The summed E-state index contributed by atoms with van der Waals surface area (Å²) in [4.78, 5) is 22.3. The molecule has 1 rings (SSSR count). The molecule has 0 atom stereocenters. The van der Waals surface area contributed by atoms with Crippen LogP contribution in [-0.4, -0.2) is 18.5 Å². The summed E-state index contributed by atoms with van der Waals surface area (Å²) in [6.45, 7) is 4.07. The van der Waals surface area contributed by atoms with Gasteiger partial charge in [0, 0.05) is 5.56 Å². The third-order valence-electron chi connectivity index (χ3n) is 1.91. The topological polar surface area (TPSA) is 103 Å². The number of carbonyl (C=O) groups excluding carboxylic acids is 2. The van der Waals surface area contributed by atoms with Crippen LogP contribution in [0.2, 0.25) is 0 Å². The monoisotopic (exact) mass is 239 g/mol. The molecule has 5 heteroatoms. The number of quaternary nitrogens is 1. The molecule has 4 N–H and O–H groups in total. The first-order valence-corrected chi connectivity index (χ1v) is 5.00. The zero-order valence-electron chi connectivity index (χ0n) is 10.2. The van der Waals surface area contributed by atoms with Gasteiger partial charge in [-0.1, -0.05) is 32.0 Å². The standard InChI is InChI=1S/C12H14O4.H3N/c1-8(2)7-16-12(15)10-6-4-3-5-9(10)11(13)14;/h3-6,8H,7H2,1-2H3,(H,13,14);1H3. The maximum absolute atomic E-state index is 11.6. The van der Waals surface area contributed by atoms with Crippen LogP contribution >= 0.6 is 0 Å². The highest BCUT2D eigenvalue weighted by Crippen LogP contribution is 2.10. The van der Waals surface area contributed by atoms with Crippen LogP contribution in [0.3, 0.4) is 0 Å². The fourth-order valence-electron chi connectivity index (χ4n) is 1.16. The van der Waals surface area contributed by atoms with Gasteiger partial charge in [0.05, 0.1) is 18.1 Å². The second-order valence-corrected chi connectivity index (χ2v) is 3.83. The minimum Gasteiger partial charge on any atom is -0.545 e. The molecule has 1 aromatic rings. The van der Waals surface area contributed by atoms with Crippen molar-refractivity contribution in [3.8, 4) is 0 Å². The first-order chi connectivity index (χ1) is 7.52. The van der Waals surface area contributed by atoms with Gasteiger partial charge in [0.1, 0.15) is 0 Å². The number of aromatic carboxylic acids is 1. The number of rotatable bonds is 4. The molecule has 1 aromatic carbocycles. The van der Waals surface area contributed by atoms with Gasteiger partial charge in [0.25, 0.3) is 0 Å². The van der Waals surface area contributed by atoms with Crippen molar-refractivity contribution >= 4 is 11.9 Å². The fraction of sp³-hybridized carbons (Fsp3) is 0.333. The Balaban J connectivity index is 0.00000256. The average Bonchev–Trinajstić information content (AvgIpc) is 2.25. The lowest BCUT2D eigenvalue weighted by Gasteiger charge is -2.11. The van der Waals surface area contributed by atoms with Gasteiger partial charge in [-0.2, -0.15) is 0 Å². The number of benzene rings is 1. The van der Waals surface area contributed by atoms with E-state index in [1.807, 2.05) is 13.8 Å². The van der Waals surface area contributed by atoms with Crippen molar-refractivity contribution in [2.24, 2.45) is 5.92 Å². The highest BCUT2D eigenvalue weighted by Gasteiger charge is 2.13. The predicted octanol–water partition coefficient (Wildman–Crippen LogP) is 1.24. The summed E-state index contributed by atoms with van der Waals surface area (Å²) in [5.41, 5.74) is -0.112. The number of esters is 1. The second-order valence-electron chi connectivity index (χ2n) is 3.83. The Bertz CT molecular complexity index is 401. The molecule has 0 amide bonds. The molecule has 0 spiro atoms. The maximum Gasteiger partial charge on any atom is 0.338 e. The molecule has 0 heterocycles. The van der Waals surface area contributed by atoms with Crippen molar-refractivity contribution in [3.05, 3.63) is 35.4 Å². The molecule has 0 aliphatic heterocycles. The van der Waals surface area contributed by atoms with Crippen molar-refractivity contribution in [3.63, 3.8) is 0 Å². The summed E-state index contributed by atoms with van der Waals surface area (Å²) in [6, 6.07) is 5.85. The lowest BCUT2D eigenvalue weighted by Crippen LogP contribution is -2.25. The predicted molar refractivity (Wildman–Crippen MR) is 61.9 cm³/mol. The summed E-state index contributed by atoms with van der Waals surface area (Å²) in [5.74, 6) is -1.80. The van der Waals surface area contributed by atoms with Gasteiger partial charge < -0.3 is 20.8 Å². The summed E-state index contributed by atoms with van der Waals surface area (Å²) in [6.07, 6.45) is 0. The van der Waals surface area contributed by atoms with E-state index >= 15 is 0 Å². The van der Waals surface area contributed by atoms with Crippen LogP contribution in [0, 0.1) is 5.92 Å². The van der Waals surface area contributed by atoms with E-state index in [4.69, 9.17) is 4.74 Å². The number of carbonyl (C=O) groups is 2. The highest BCUT2D eigenvalue weighted by molar-refractivity contribution is 6.01. The molecule has 0 bridgehead atoms. The molecule has 0 radical (unpaired) electrons. The molecule has 5 nitrogen and oxygen atoms in total. The first kappa shape index (κ1) is 15.1. The van der Waals surface area contributed by atoms with E-state index < -0.39 is 11.9 Å². The van der Waals surface area contributed by atoms with E-state index in [-0.39, 0.29) is 29.8 Å². The summed E-state index contributed by atoms with van der Waals surface area (Å²) >= 11 is 0. The van der Waals surface area contributed by atoms with E-state index in [0.29, 0.717) is 0 Å². The lowest BCUT2D eigenvalue weighted by atomic mass is 10.1. The second kappa shape index (κ2) is 6.65. The molecular weight excluding hydrogens is 222 g/mol. The molecule has 0 aromatic heterocycles. The van der Waals surface area contributed by atoms with Crippen LogP contribution in [0.25, 0.3) is 0 Å². The van der Waals surface area contributed by atoms with Crippen molar-refractivity contribution in [1.82, 2.24) is 6.15 Å². The van der Waals surface area contributed by atoms with E-state index in [1.165, 1.54) is 18.2 Å². The van der Waals surface area contributed by atoms with Gasteiger partial charge in [-0.3, -0.25) is 0 Å². The van der Waals surface area contributed by atoms with E-state index in [2.05, 4.69) is 0 Å². The van der Waals surface area contributed by atoms with Gasteiger partial charge in [-0.25, -0.2) is 4.79 Å². The van der Waals surface area contributed by atoms with Crippen LogP contribution in [0.15, 0.2) is 24.3 Å². The largest absolute Gasteiger partial charge is 0.545 e. The molecule has 94 valence electrons. The molecule has 0 fully saturated rings. The zero-order valence-corrected chi connectivity index (χ0v) is 10.2. The van der Waals surface area contributed by atoms with Crippen molar-refractivity contribution in [2.45, 2.75) is 13.8 Å². The number of ether oxygens (including phenoxy) is 1. The minimum atomic E-state index is -1.38. The van der Waals surface area contributed by atoms with E-state index in [9.17, 15) is 14.7 Å². The minimum absolute atomic E-state index is 0. The maximum atomic E-state index is 11.6. The first-order valence-electron chi connectivity index (χ1n) is 5.00. The summed E-state index contributed by atoms with van der Waals surface area (Å²) in [5, 5.41) is 10.7. The Morgan fingerprint density at radius 2 is 1.76 bits per heavy atom. The van der Waals surface area contributed by atoms with Crippen LogP contribution < -0.4 is 11.3 Å². The normalized spacial score (nSPS) is 9.59. The zero-order chi connectivity index (χ0) is 12.1. The van der Waals surface area contributed by atoms with E-state index in [1.54, 1.807) is 6.07 Å². The van der Waals surface area contributed by atoms with Gasteiger partial charge in [0.2, 0.25) is 0 Å². The van der Waals surface area contributed by atoms with Crippen LogP contribution in [-0.2, 0) is 4.74 Å². The third-order valence-corrected chi connectivity index (χ3v) is 1.91. The third kappa shape index (κ3) is 4.24. The molecule has 0 aliphatic carbocycles. The summed E-state index contributed by atoms with van der Waals surface area (Å²) in [7, 11) is 0. The SMILES string of the molecule is CC(C)COC(=O)c1ccccc1C(=O)[O-].[NH4+]. The molecule has 0 saturated heterocycles. The Kier molecular flexibility index (Phi) is 5.91.